The molecule has 0 aliphatic rings. The highest BCUT2D eigenvalue weighted by molar-refractivity contribution is 5.67. The van der Waals surface area contributed by atoms with Gasteiger partial charge in [-0.25, -0.2) is 9.97 Å². The van der Waals surface area contributed by atoms with Gasteiger partial charge in [0.05, 0.1) is 11.3 Å². The highest BCUT2D eigenvalue weighted by atomic mass is 19.4. The zero-order valence-corrected chi connectivity index (χ0v) is 14.4. The van der Waals surface area contributed by atoms with Gasteiger partial charge >= 0.3 is 6.18 Å². The topological polar surface area (TPSA) is 32.3 Å². The normalized spacial score (nSPS) is 11.5. The summed E-state index contributed by atoms with van der Waals surface area (Å²) in [6, 6.07) is 6.08. The van der Waals surface area contributed by atoms with Crippen LogP contribution in [0.4, 0.5) is 30.5 Å². The molecule has 4 nitrogen and oxygen atoms in total. The van der Waals surface area contributed by atoms with Gasteiger partial charge in [0, 0.05) is 37.7 Å². The van der Waals surface area contributed by atoms with Crippen molar-refractivity contribution in [3.05, 3.63) is 41.2 Å². The van der Waals surface area contributed by atoms with E-state index in [4.69, 9.17) is 0 Å². The Bertz CT molecular complexity index is 706. The molecule has 0 saturated carbocycles. The maximum absolute atomic E-state index is 13.6. The fourth-order valence-electron chi connectivity index (χ4n) is 2.51. The molecule has 1 aromatic carbocycles. The van der Waals surface area contributed by atoms with Gasteiger partial charge in [-0.3, -0.25) is 0 Å². The highest BCUT2D eigenvalue weighted by Gasteiger charge is 2.36. The van der Waals surface area contributed by atoms with Crippen LogP contribution in [0.1, 0.15) is 23.9 Å². The Hall–Kier alpha value is -2.31. The van der Waals surface area contributed by atoms with E-state index in [1.54, 1.807) is 51.9 Å². The minimum absolute atomic E-state index is 0.0561. The molecule has 0 amide bonds. The number of benzene rings is 1. The molecule has 0 N–H and O–H groups in total. The first-order chi connectivity index (χ1) is 11.1. The summed E-state index contributed by atoms with van der Waals surface area (Å²) in [6.07, 6.45) is -4.46. The Morgan fingerprint density at radius 2 is 1.58 bits per heavy atom. The number of aromatic nitrogens is 2. The number of aryl methyl sites for hydroxylation is 2. The first-order valence-corrected chi connectivity index (χ1v) is 7.62. The molecule has 7 heteroatoms. The third kappa shape index (κ3) is 3.77. The van der Waals surface area contributed by atoms with Crippen molar-refractivity contribution in [2.45, 2.75) is 26.9 Å². The van der Waals surface area contributed by atoms with Crippen LogP contribution in [0.25, 0.3) is 0 Å². The maximum atomic E-state index is 13.6. The van der Waals surface area contributed by atoms with E-state index < -0.39 is 11.7 Å². The lowest BCUT2D eigenvalue weighted by molar-refractivity contribution is -0.137. The Morgan fingerprint density at radius 3 is 2.04 bits per heavy atom. The SMILES string of the molecule is CCN(c1nc(C)cc(C)n1)c1ccc(N(C)C)cc1C(F)(F)F. The molecule has 0 atom stereocenters. The van der Waals surface area contributed by atoms with Crippen LogP contribution < -0.4 is 9.80 Å². The third-order valence-electron chi connectivity index (χ3n) is 3.62. The van der Waals surface area contributed by atoms with Gasteiger partial charge in [-0.2, -0.15) is 13.2 Å². The Kier molecular flexibility index (Phi) is 5.01. The number of halogens is 3. The van der Waals surface area contributed by atoms with Crippen LogP contribution in [0, 0.1) is 13.8 Å². The van der Waals surface area contributed by atoms with Crippen molar-refractivity contribution >= 4 is 17.3 Å². The molecule has 130 valence electrons. The van der Waals surface area contributed by atoms with Crippen molar-refractivity contribution in [2.24, 2.45) is 0 Å². The third-order valence-corrected chi connectivity index (χ3v) is 3.62. The van der Waals surface area contributed by atoms with E-state index in [1.165, 1.54) is 11.0 Å². The van der Waals surface area contributed by atoms with Crippen LogP contribution >= 0.6 is 0 Å². The van der Waals surface area contributed by atoms with E-state index in [0.29, 0.717) is 12.2 Å². The zero-order chi connectivity index (χ0) is 18.1. The van der Waals surface area contributed by atoms with Crippen LogP contribution in [0.5, 0.6) is 0 Å². The first-order valence-electron chi connectivity index (χ1n) is 7.62. The van der Waals surface area contributed by atoms with E-state index >= 15 is 0 Å². The maximum Gasteiger partial charge on any atom is 0.418 e. The molecule has 0 aliphatic heterocycles. The molecule has 0 saturated heterocycles. The second-order valence-electron chi connectivity index (χ2n) is 5.79. The monoisotopic (exact) mass is 338 g/mol. The number of rotatable bonds is 4. The fourth-order valence-corrected chi connectivity index (χ4v) is 2.51. The minimum atomic E-state index is -4.46. The van der Waals surface area contributed by atoms with Gasteiger partial charge in [-0.15, -0.1) is 0 Å². The molecule has 0 unspecified atom stereocenters. The highest BCUT2D eigenvalue weighted by Crippen LogP contribution is 2.40. The van der Waals surface area contributed by atoms with Crippen molar-refractivity contribution in [1.82, 2.24) is 9.97 Å². The minimum Gasteiger partial charge on any atom is -0.378 e. The van der Waals surface area contributed by atoms with Gasteiger partial charge in [-0.1, -0.05) is 0 Å². The van der Waals surface area contributed by atoms with Crippen LogP contribution in [0.15, 0.2) is 24.3 Å². The van der Waals surface area contributed by atoms with Gasteiger partial charge in [0.15, 0.2) is 0 Å². The summed E-state index contributed by atoms with van der Waals surface area (Å²) in [5.74, 6) is 0.276. The van der Waals surface area contributed by atoms with Crippen molar-refractivity contribution in [3.8, 4) is 0 Å². The van der Waals surface area contributed by atoms with E-state index in [2.05, 4.69) is 9.97 Å². The fraction of sp³-hybridized carbons (Fsp3) is 0.412. The molecule has 0 fully saturated rings. The lowest BCUT2D eigenvalue weighted by atomic mass is 10.1. The van der Waals surface area contributed by atoms with Gasteiger partial charge in [0.1, 0.15) is 0 Å². The van der Waals surface area contributed by atoms with Crippen molar-refractivity contribution in [1.29, 1.82) is 0 Å². The molecule has 24 heavy (non-hydrogen) atoms. The predicted molar refractivity (Wildman–Crippen MR) is 90.0 cm³/mol. The van der Waals surface area contributed by atoms with Crippen LogP contribution in [0.3, 0.4) is 0 Å². The number of anilines is 3. The number of alkyl halides is 3. The molecule has 2 rings (SSSR count). The molecular weight excluding hydrogens is 317 g/mol. The average Bonchev–Trinajstić information content (AvgIpc) is 2.46. The Labute approximate surface area is 139 Å². The summed E-state index contributed by atoms with van der Waals surface area (Å²) in [4.78, 5) is 11.7. The molecule has 2 aromatic rings. The van der Waals surface area contributed by atoms with E-state index in [1.807, 2.05) is 0 Å². The van der Waals surface area contributed by atoms with E-state index in [-0.39, 0.29) is 11.6 Å². The van der Waals surface area contributed by atoms with Gasteiger partial charge < -0.3 is 9.80 Å². The summed E-state index contributed by atoms with van der Waals surface area (Å²) in [5, 5.41) is 0. The summed E-state index contributed by atoms with van der Waals surface area (Å²) >= 11 is 0. The molecule has 0 radical (unpaired) electrons. The number of nitrogens with zero attached hydrogens (tertiary/aromatic N) is 4. The second-order valence-corrected chi connectivity index (χ2v) is 5.79. The Balaban J connectivity index is 2.63. The van der Waals surface area contributed by atoms with Crippen LogP contribution in [-0.4, -0.2) is 30.6 Å². The average molecular weight is 338 g/mol. The van der Waals surface area contributed by atoms with Crippen LogP contribution in [-0.2, 0) is 6.18 Å². The zero-order valence-electron chi connectivity index (χ0n) is 14.4. The molecule has 0 bridgehead atoms. The Morgan fingerprint density at radius 1 is 1.00 bits per heavy atom. The van der Waals surface area contributed by atoms with Crippen molar-refractivity contribution < 1.29 is 13.2 Å². The van der Waals surface area contributed by atoms with Crippen LogP contribution in [0.2, 0.25) is 0 Å². The first kappa shape index (κ1) is 18.0. The quantitative estimate of drug-likeness (QED) is 0.830. The summed E-state index contributed by atoms with van der Waals surface area (Å²) in [7, 11) is 3.42. The molecule has 0 aliphatic carbocycles. The molecule has 1 aromatic heterocycles. The molecule has 1 heterocycles. The van der Waals surface area contributed by atoms with Gasteiger partial charge in [0.2, 0.25) is 5.95 Å². The predicted octanol–water partition coefficient (Wildman–Crippen LogP) is 4.34. The molecular formula is C17H21F3N4. The standard InChI is InChI=1S/C17H21F3N4/c1-6-24(16-21-11(2)9-12(3)22-16)15-8-7-13(23(4)5)10-14(15)17(18,19)20/h7-10H,6H2,1-5H3. The molecule has 0 spiro atoms. The summed E-state index contributed by atoms with van der Waals surface area (Å²) in [5.41, 5.74) is 1.28. The summed E-state index contributed by atoms with van der Waals surface area (Å²) in [6.45, 7) is 5.70. The van der Waals surface area contributed by atoms with E-state index in [0.717, 1.165) is 17.5 Å². The van der Waals surface area contributed by atoms with Gasteiger partial charge in [0.25, 0.3) is 0 Å². The smallest absolute Gasteiger partial charge is 0.378 e. The lowest BCUT2D eigenvalue weighted by Crippen LogP contribution is -2.23. The number of hydrogen-bond acceptors (Lipinski definition) is 4. The van der Waals surface area contributed by atoms with Crippen molar-refractivity contribution in [2.75, 3.05) is 30.4 Å². The number of hydrogen-bond donors (Lipinski definition) is 0. The van der Waals surface area contributed by atoms with Crippen molar-refractivity contribution in [3.63, 3.8) is 0 Å². The van der Waals surface area contributed by atoms with Gasteiger partial charge in [-0.05, 0) is 45.0 Å². The second kappa shape index (κ2) is 6.67. The largest absolute Gasteiger partial charge is 0.418 e. The van der Waals surface area contributed by atoms with E-state index in [9.17, 15) is 13.2 Å². The lowest BCUT2D eigenvalue weighted by Gasteiger charge is -2.26. The summed E-state index contributed by atoms with van der Waals surface area (Å²) < 4.78 is 40.7.